The normalized spacial score (nSPS) is 17.1. The highest BCUT2D eigenvalue weighted by Gasteiger charge is 2.30. The molecule has 0 radical (unpaired) electrons. The zero-order valence-corrected chi connectivity index (χ0v) is 11.7. The van der Waals surface area contributed by atoms with Crippen molar-refractivity contribution in [3.05, 3.63) is 36.2 Å². The summed E-state index contributed by atoms with van der Waals surface area (Å²) in [6.07, 6.45) is 2.49. The molecule has 0 amide bonds. The smallest absolute Gasteiger partial charge is 0.242 e. The molecule has 0 bridgehead atoms. The van der Waals surface area contributed by atoms with Crippen LogP contribution in [0, 0.1) is 0 Å². The first kappa shape index (κ1) is 12.7. The maximum atomic E-state index is 6.18. The fourth-order valence-corrected chi connectivity index (χ4v) is 2.70. The van der Waals surface area contributed by atoms with E-state index in [2.05, 4.69) is 40.0 Å². The second-order valence-electron chi connectivity index (χ2n) is 4.90. The number of hydrogen-bond acceptors (Lipinski definition) is 5. The van der Waals surface area contributed by atoms with E-state index in [0.717, 1.165) is 17.9 Å². The third-order valence-electron chi connectivity index (χ3n) is 3.54. The van der Waals surface area contributed by atoms with E-state index in [1.54, 1.807) is 0 Å². The van der Waals surface area contributed by atoms with Gasteiger partial charge in [0.2, 0.25) is 5.88 Å². The van der Waals surface area contributed by atoms with Crippen molar-refractivity contribution in [3.63, 3.8) is 0 Å². The lowest BCUT2D eigenvalue weighted by Gasteiger charge is -2.25. The van der Waals surface area contributed by atoms with Crippen molar-refractivity contribution < 1.29 is 4.74 Å². The number of aromatic nitrogens is 2. The number of nitrogens with two attached hydrogens (primary N) is 1. The van der Waals surface area contributed by atoms with Gasteiger partial charge < -0.3 is 15.4 Å². The van der Waals surface area contributed by atoms with E-state index in [0.29, 0.717) is 24.2 Å². The van der Waals surface area contributed by atoms with Gasteiger partial charge in [0.15, 0.2) is 5.82 Å². The Morgan fingerprint density at radius 3 is 2.95 bits per heavy atom. The van der Waals surface area contributed by atoms with Gasteiger partial charge in [-0.3, -0.25) is 0 Å². The monoisotopic (exact) mass is 270 g/mol. The molecule has 2 aromatic rings. The minimum absolute atomic E-state index is 0.319. The molecule has 0 spiro atoms. The molecule has 0 aliphatic carbocycles. The Kier molecular flexibility index (Phi) is 3.18. The fraction of sp³-hybridized carbons (Fsp3) is 0.333. The van der Waals surface area contributed by atoms with Crippen LogP contribution < -0.4 is 15.4 Å². The molecule has 104 valence electrons. The third-order valence-corrected chi connectivity index (χ3v) is 3.54. The highest BCUT2D eigenvalue weighted by atomic mass is 16.5. The molecule has 1 aromatic carbocycles. The summed E-state index contributed by atoms with van der Waals surface area (Å²) >= 11 is 0. The Labute approximate surface area is 118 Å². The van der Waals surface area contributed by atoms with Crippen LogP contribution in [0.25, 0.3) is 0 Å². The van der Waals surface area contributed by atoms with Crippen LogP contribution in [-0.2, 0) is 6.42 Å². The van der Waals surface area contributed by atoms with E-state index in [-0.39, 0.29) is 0 Å². The highest BCUT2D eigenvalue weighted by Crippen LogP contribution is 2.41. The van der Waals surface area contributed by atoms with Crippen LogP contribution in [0.5, 0.6) is 5.88 Å². The summed E-state index contributed by atoms with van der Waals surface area (Å²) in [6.45, 7) is 4.61. The first-order chi connectivity index (χ1) is 9.72. The Hall–Kier alpha value is -2.30. The summed E-state index contributed by atoms with van der Waals surface area (Å²) < 4.78 is 5.46. The van der Waals surface area contributed by atoms with E-state index in [9.17, 15) is 0 Å². The highest BCUT2D eigenvalue weighted by molar-refractivity contribution is 5.78. The Morgan fingerprint density at radius 1 is 1.35 bits per heavy atom. The lowest BCUT2D eigenvalue weighted by atomic mass is 10.1. The van der Waals surface area contributed by atoms with Crippen LogP contribution in [-0.4, -0.2) is 22.6 Å². The first-order valence-electron chi connectivity index (χ1n) is 6.82. The average molecular weight is 270 g/mol. The summed E-state index contributed by atoms with van der Waals surface area (Å²) in [5.74, 6) is 1.18. The van der Waals surface area contributed by atoms with Crippen LogP contribution in [0.2, 0.25) is 0 Å². The second kappa shape index (κ2) is 5.00. The van der Waals surface area contributed by atoms with Crippen molar-refractivity contribution >= 4 is 17.2 Å². The van der Waals surface area contributed by atoms with Gasteiger partial charge in [-0.05, 0) is 31.9 Å². The third kappa shape index (κ3) is 1.95. The largest absolute Gasteiger partial charge is 0.476 e. The van der Waals surface area contributed by atoms with E-state index < -0.39 is 0 Å². The SMILES string of the molecule is CCOc1ncnc(N2c3ccccc3CC2C)c1N. The molecule has 3 rings (SSSR count). The van der Waals surface area contributed by atoms with Crippen LogP contribution >= 0.6 is 0 Å². The zero-order valence-electron chi connectivity index (χ0n) is 11.7. The number of benzene rings is 1. The Morgan fingerprint density at radius 2 is 2.15 bits per heavy atom. The Bertz CT molecular complexity index is 629. The zero-order chi connectivity index (χ0) is 14.1. The van der Waals surface area contributed by atoms with Gasteiger partial charge in [0, 0.05) is 11.7 Å². The summed E-state index contributed by atoms with van der Waals surface area (Å²) in [5, 5.41) is 0. The molecule has 5 heteroatoms. The summed E-state index contributed by atoms with van der Waals surface area (Å²) in [7, 11) is 0. The molecule has 1 aliphatic heterocycles. The maximum Gasteiger partial charge on any atom is 0.242 e. The standard InChI is InChI=1S/C15H18N4O/c1-3-20-15-13(16)14(17-9-18-15)19-10(2)8-11-6-4-5-7-12(11)19/h4-7,9-10H,3,8,16H2,1-2H3. The number of anilines is 3. The van der Waals surface area contributed by atoms with Crippen molar-refractivity contribution in [2.24, 2.45) is 0 Å². The topological polar surface area (TPSA) is 64.3 Å². The van der Waals surface area contributed by atoms with Crippen LogP contribution in [0.4, 0.5) is 17.2 Å². The molecule has 5 nitrogen and oxygen atoms in total. The van der Waals surface area contributed by atoms with Gasteiger partial charge in [-0.1, -0.05) is 18.2 Å². The minimum atomic E-state index is 0.319. The summed E-state index contributed by atoms with van der Waals surface area (Å²) in [4.78, 5) is 10.6. The number of para-hydroxylation sites is 1. The fourth-order valence-electron chi connectivity index (χ4n) is 2.70. The molecule has 0 saturated carbocycles. The quantitative estimate of drug-likeness (QED) is 0.928. The van der Waals surface area contributed by atoms with Crippen molar-refractivity contribution in [1.82, 2.24) is 9.97 Å². The average Bonchev–Trinajstić information content (AvgIpc) is 2.77. The molecule has 1 aliphatic rings. The van der Waals surface area contributed by atoms with E-state index >= 15 is 0 Å². The number of ether oxygens (including phenoxy) is 1. The number of hydrogen-bond donors (Lipinski definition) is 1. The molecule has 1 unspecified atom stereocenters. The van der Waals surface area contributed by atoms with Gasteiger partial charge in [0.25, 0.3) is 0 Å². The Balaban J connectivity index is 2.07. The summed E-state index contributed by atoms with van der Waals surface area (Å²) in [6, 6.07) is 8.65. The van der Waals surface area contributed by atoms with Crippen LogP contribution in [0.3, 0.4) is 0 Å². The van der Waals surface area contributed by atoms with Crippen LogP contribution in [0.1, 0.15) is 19.4 Å². The molecule has 0 fully saturated rings. The molecule has 0 saturated heterocycles. The maximum absolute atomic E-state index is 6.18. The van der Waals surface area contributed by atoms with E-state index in [1.807, 2.05) is 13.0 Å². The summed E-state index contributed by atoms with van der Waals surface area (Å²) in [5.41, 5.74) is 9.15. The molecule has 2 N–H and O–H groups in total. The first-order valence-corrected chi connectivity index (χ1v) is 6.82. The lowest BCUT2D eigenvalue weighted by molar-refractivity contribution is 0.328. The van der Waals surface area contributed by atoms with E-state index in [4.69, 9.17) is 10.5 Å². The second-order valence-corrected chi connectivity index (χ2v) is 4.90. The number of fused-ring (bicyclic) bond motifs is 1. The molecule has 2 heterocycles. The number of rotatable bonds is 3. The minimum Gasteiger partial charge on any atom is -0.476 e. The van der Waals surface area contributed by atoms with E-state index in [1.165, 1.54) is 11.9 Å². The molecular formula is C15H18N4O. The number of nitrogens with zero attached hydrogens (tertiary/aromatic N) is 3. The lowest BCUT2D eigenvalue weighted by Crippen LogP contribution is -2.26. The predicted octanol–water partition coefficient (Wildman–Crippen LogP) is 2.54. The van der Waals surface area contributed by atoms with Crippen molar-refractivity contribution in [2.45, 2.75) is 26.3 Å². The number of nitrogen functional groups attached to an aromatic ring is 1. The van der Waals surface area contributed by atoms with Gasteiger partial charge in [-0.15, -0.1) is 0 Å². The molecule has 20 heavy (non-hydrogen) atoms. The predicted molar refractivity (Wildman–Crippen MR) is 79.4 cm³/mol. The van der Waals surface area contributed by atoms with Gasteiger partial charge in [0.05, 0.1) is 6.61 Å². The van der Waals surface area contributed by atoms with Gasteiger partial charge in [-0.25, -0.2) is 4.98 Å². The molecular weight excluding hydrogens is 252 g/mol. The molecule has 1 aromatic heterocycles. The van der Waals surface area contributed by atoms with Gasteiger partial charge in [-0.2, -0.15) is 4.98 Å². The van der Waals surface area contributed by atoms with Crippen molar-refractivity contribution in [2.75, 3.05) is 17.2 Å². The van der Waals surface area contributed by atoms with Crippen LogP contribution in [0.15, 0.2) is 30.6 Å². The van der Waals surface area contributed by atoms with Crippen molar-refractivity contribution in [1.29, 1.82) is 0 Å². The van der Waals surface area contributed by atoms with Gasteiger partial charge >= 0.3 is 0 Å². The molecule has 1 atom stereocenters. The van der Waals surface area contributed by atoms with Crippen molar-refractivity contribution in [3.8, 4) is 5.88 Å². The van der Waals surface area contributed by atoms with Gasteiger partial charge in [0.1, 0.15) is 12.0 Å².